The van der Waals surface area contributed by atoms with E-state index in [1.54, 1.807) is 6.20 Å². The van der Waals surface area contributed by atoms with Gasteiger partial charge in [-0.05, 0) is 51.8 Å². The van der Waals surface area contributed by atoms with Crippen LogP contribution >= 0.6 is 0 Å². The number of hydrogen-bond acceptors (Lipinski definition) is 2. The number of nitrogens with two attached hydrogens (primary N) is 1. The van der Waals surface area contributed by atoms with Gasteiger partial charge in [-0.15, -0.1) is 0 Å². The SMILES string of the molecule is CC/C(=C\C=C/N)C1C[C@H]1NC(C)(C)C. The maximum atomic E-state index is 5.35. The number of nitrogens with one attached hydrogen (secondary N) is 1. The van der Waals surface area contributed by atoms with Crippen LogP contribution in [-0.4, -0.2) is 11.6 Å². The second-order valence-corrected chi connectivity index (χ2v) is 5.32. The van der Waals surface area contributed by atoms with Crippen LogP contribution in [0.15, 0.2) is 23.9 Å². The Morgan fingerprint density at radius 1 is 1.47 bits per heavy atom. The summed E-state index contributed by atoms with van der Waals surface area (Å²) in [6.07, 6.45) is 8.09. The highest BCUT2D eigenvalue weighted by atomic mass is 15.0. The van der Waals surface area contributed by atoms with Crippen LogP contribution in [-0.2, 0) is 0 Å². The Labute approximate surface area is 93.6 Å². The highest BCUT2D eigenvalue weighted by Crippen LogP contribution is 2.39. The van der Waals surface area contributed by atoms with Crippen molar-refractivity contribution >= 4 is 0 Å². The predicted octanol–water partition coefficient (Wildman–Crippen LogP) is 2.57. The van der Waals surface area contributed by atoms with E-state index in [2.05, 4.69) is 39.1 Å². The third-order valence-electron chi connectivity index (χ3n) is 2.71. The molecule has 0 aliphatic heterocycles. The van der Waals surface area contributed by atoms with Crippen LogP contribution in [0.2, 0.25) is 0 Å². The summed E-state index contributed by atoms with van der Waals surface area (Å²) in [5.74, 6) is 0.727. The molecule has 0 bridgehead atoms. The summed E-state index contributed by atoms with van der Waals surface area (Å²) in [6.45, 7) is 8.87. The summed E-state index contributed by atoms with van der Waals surface area (Å²) in [6, 6.07) is 0.669. The van der Waals surface area contributed by atoms with E-state index >= 15 is 0 Å². The average molecular weight is 208 g/mol. The molecule has 3 N–H and O–H groups in total. The van der Waals surface area contributed by atoms with Gasteiger partial charge in [0.15, 0.2) is 0 Å². The maximum absolute atomic E-state index is 5.35. The van der Waals surface area contributed by atoms with Crippen LogP contribution in [0.1, 0.15) is 40.5 Å². The fourth-order valence-corrected chi connectivity index (χ4v) is 2.00. The molecular weight excluding hydrogens is 184 g/mol. The Kier molecular flexibility index (Phi) is 3.97. The van der Waals surface area contributed by atoms with E-state index in [9.17, 15) is 0 Å². The summed E-state index contributed by atoms with van der Waals surface area (Å²) >= 11 is 0. The Hall–Kier alpha value is -0.760. The van der Waals surface area contributed by atoms with Crippen molar-refractivity contribution in [3.05, 3.63) is 23.9 Å². The fourth-order valence-electron chi connectivity index (χ4n) is 2.00. The summed E-state index contributed by atoms with van der Waals surface area (Å²) in [7, 11) is 0. The van der Waals surface area contributed by atoms with Gasteiger partial charge < -0.3 is 11.1 Å². The van der Waals surface area contributed by atoms with Gasteiger partial charge in [0, 0.05) is 11.6 Å². The van der Waals surface area contributed by atoms with E-state index < -0.39 is 0 Å². The molecule has 1 aliphatic rings. The van der Waals surface area contributed by atoms with Gasteiger partial charge >= 0.3 is 0 Å². The average Bonchev–Trinajstić information content (AvgIpc) is 2.83. The first kappa shape index (κ1) is 12.3. The quantitative estimate of drug-likeness (QED) is 0.697. The highest BCUT2D eigenvalue weighted by molar-refractivity contribution is 5.23. The van der Waals surface area contributed by atoms with Crippen molar-refractivity contribution < 1.29 is 0 Å². The molecule has 1 fully saturated rings. The summed E-state index contributed by atoms with van der Waals surface area (Å²) in [5.41, 5.74) is 7.08. The molecule has 1 saturated carbocycles. The molecular formula is C13H24N2. The smallest absolute Gasteiger partial charge is 0.0144 e. The largest absolute Gasteiger partial charge is 0.405 e. The second-order valence-electron chi connectivity index (χ2n) is 5.32. The Balaban J connectivity index is 2.48. The molecule has 0 aromatic heterocycles. The lowest BCUT2D eigenvalue weighted by Gasteiger charge is -2.21. The molecule has 0 saturated heterocycles. The van der Waals surface area contributed by atoms with Gasteiger partial charge in [0.25, 0.3) is 0 Å². The van der Waals surface area contributed by atoms with Gasteiger partial charge in [-0.3, -0.25) is 0 Å². The lowest BCUT2D eigenvalue weighted by atomic mass is 10.1. The third-order valence-corrected chi connectivity index (χ3v) is 2.71. The Morgan fingerprint density at radius 3 is 2.60 bits per heavy atom. The van der Waals surface area contributed by atoms with Crippen LogP contribution in [0.25, 0.3) is 0 Å². The number of allylic oxidation sites excluding steroid dienone is 2. The normalized spacial score (nSPS) is 27.3. The predicted molar refractivity (Wildman–Crippen MR) is 66.5 cm³/mol. The minimum absolute atomic E-state index is 0.224. The number of rotatable bonds is 4. The van der Waals surface area contributed by atoms with Gasteiger partial charge in [-0.2, -0.15) is 0 Å². The number of hydrogen-bond donors (Lipinski definition) is 2. The molecule has 1 aliphatic carbocycles. The molecule has 15 heavy (non-hydrogen) atoms. The Bertz CT molecular complexity index is 258. The molecule has 0 radical (unpaired) electrons. The van der Waals surface area contributed by atoms with E-state index in [1.807, 2.05) is 6.08 Å². The van der Waals surface area contributed by atoms with Crippen LogP contribution in [0, 0.1) is 5.92 Å². The van der Waals surface area contributed by atoms with Crippen molar-refractivity contribution in [1.29, 1.82) is 0 Å². The molecule has 0 aromatic rings. The third kappa shape index (κ3) is 4.08. The minimum Gasteiger partial charge on any atom is -0.405 e. The lowest BCUT2D eigenvalue weighted by Crippen LogP contribution is -2.38. The molecule has 1 rings (SSSR count). The van der Waals surface area contributed by atoms with Crippen molar-refractivity contribution in [2.24, 2.45) is 11.7 Å². The van der Waals surface area contributed by atoms with Gasteiger partial charge in [0.1, 0.15) is 0 Å². The molecule has 0 heterocycles. The highest BCUT2D eigenvalue weighted by Gasteiger charge is 2.40. The van der Waals surface area contributed by atoms with E-state index in [-0.39, 0.29) is 5.54 Å². The second kappa shape index (κ2) is 4.84. The molecule has 2 nitrogen and oxygen atoms in total. The minimum atomic E-state index is 0.224. The zero-order valence-electron chi connectivity index (χ0n) is 10.4. The molecule has 0 amide bonds. The molecule has 0 aromatic carbocycles. The van der Waals surface area contributed by atoms with E-state index in [0.29, 0.717) is 6.04 Å². The first-order chi connectivity index (χ1) is 6.98. The van der Waals surface area contributed by atoms with Crippen LogP contribution in [0.5, 0.6) is 0 Å². The van der Waals surface area contributed by atoms with E-state index in [1.165, 1.54) is 12.0 Å². The van der Waals surface area contributed by atoms with Crippen molar-refractivity contribution in [2.75, 3.05) is 0 Å². The molecule has 2 heteroatoms. The zero-order valence-corrected chi connectivity index (χ0v) is 10.4. The molecule has 86 valence electrons. The summed E-state index contributed by atoms with van der Waals surface area (Å²) < 4.78 is 0. The summed E-state index contributed by atoms with van der Waals surface area (Å²) in [5, 5.41) is 3.64. The van der Waals surface area contributed by atoms with Gasteiger partial charge in [0.05, 0.1) is 0 Å². The standard InChI is InChI=1S/C13H24N2/c1-5-10(7-6-8-14)11-9-12(11)15-13(2,3)4/h6-8,11-12,15H,5,9,14H2,1-4H3/b8-6-,10-7+/t11?,12-/m1/s1. The van der Waals surface area contributed by atoms with Gasteiger partial charge in [-0.25, -0.2) is 0 Å². The van der Waals surface area contributed by atoms with Crippen molar-refractivity contribution in [3.63, 3.8) is 0 Å². The topological polar surface area (TPSA) is 38.0 Å². The van der Waals surface area contributed by atoms with Gasteiger partial charge in [-0.1, -0.05) is 18.6 Å². The fraction of sp³-hybridized carbons (Fsp3) is 0.692. The van der Waals surface area contributed by atoms with Crippen molar-refractivity contribution in [2.45, 2.75) is 52.1 Å². The molecule has 0 spiro atoms. The first-order valence-electron chi connectivity index (χ1n) is 5.83. The Morgan fingerprint density at radius 2 is 2.13 bits per heavy atom. The van der Waals surface area contributed by atoms with Gasteiger partial charge in [0.2, 0.25) is 0 Å². The van der Waals surface area contributed by atoms with Crippen LogP contribution in [0.4, 0.5) is 0 Å². The van der Waals surface area contributed by atoms with Crippen molar-refractivity contribution in [1.82, 2.24) is 5.32 Å². The zero-order chi connectivity index (χ0) is 11.5. The first-order valence-corrected chi connectivity index (χ1v) is 5.83. The lowest BCUT2D eigenvalue weighted by molar-refractivity contribution is 0.414. The molecule has 1 unspecified atom stereocenters. The van der Waals surface area contributed by atoms with E-state index in [0.717, 1.165) is 12.3 Å². The van der Waals surface area contributed by atoms with E-state index in [4.69, 9.17) is 5.73 Å². The monoisotopic (exact) mass is 208 g/mol. The van der Waals surface area contributed by atoms with Crippen LogP contribution < -0.4 is 11.1 Å². The van der Waals surface area contributed by atoms with Crippen LogP contribution in [0.3, 0.4) is 0 Å². The maximum Gasteiger partial charge on any atom is 0.0144 e. The van der Waals surface area contributed by atoms with Crippen molar-refractivity contribution in [3.8, 4) is 0 Å². The summed E-state index contributed by atoms with van der Waals surface area (Å²) in [4.78, 5) is 0. The molecule has 2 atom stereocenters.